The molecule has 4 aromatic heterocycles. The number of amides is 1. The maximum absolute atomic E-state index is 13.4. The van der Waals surface area contributed by atoms with Gasteiger partial charge in [-0.05, 0) is 71.7 Å². The molecule has 11 nitrogen and oxygen atoms in total. The molecule has 0 aromatic carbocycles. The Morgan fingerprint density at radius 2 is 1.95 bits per heavy atom. The lowest BCUT2D eigenvalue weighted by atomic mass is 10.0. The molecule has 1 atom stereocenters. The van der Waals surface area contributed by atoms with Gasteiger partial charge in [0.1, 0.15) is 40.3 Å². The van der Waals surface area contributed by atoms with Gasteiger partial charge in [-0.2, -0.15) is 5.26 Å². The van der Waals surface area contributed by atoms with Gasteiger partial charge in [-0.15, -0.1) is 5.10 Å². The number of carbonyl (C=O) groups excluding carboxylic acids is 1. The summed E-state index contributed by atoms with van der Waals surface area (Å²) in [5.74, 6) is 0.218. The first kappa shape index (κ1) is 27.1. The number of hydrogen-bond donors (Lipinski definition) is 1. The topological polar surface area (TPSA) is 126 Å². The molecule has 40 heavy (non-hydrogen) atoms. The van der Waals surface area contributed by atoms with Gasteiger partial charge in [0, 0.05) is 18.7 Å². The highest BCUT2D eigenvalue weighted by Crippen LogP contribution is 2.32. The van der Waals surface area contributed by atoms with Crippen LogP contribution in [0.1, 0.15) is 69.7 Å². The van der Waals surface area contributed by atoms with E-state index in [1.165, 1.54) is 18.5 Å². The van der Waals surface area contributed by atoms with E-state index in [-0.39, 0.29) is 18.2 Å². The van der Waals surface area contributed by atoms with E-state index >= 15 is 0 Å². The predicted octanol–water partition coefficient (Wildman–Crippen LogP) is 5.05. The fourth-order valence-electron chi connectivity index (χ4n) is 4.95. The first-order valence-electron chi connectivity index (χ1n) is 13.2. The molecule has 0 bridgehead atoms. The minimum atomic E-state index is -0.531. The number of carbonyl (C=O) groups is 1. The molecule has 0 radical (unpaired) electrons. The van der Waals surface area contributed by atoms with Crippen molar-refractivity contribution in [1.82, 2.24) is 34.3 Å². The lowest BCUT2D eigenvalue weighted by Gasteiger charge is -2.33. The molecule has 5 heterocycles. The van der Waals surface area contributed by atoms with Crippen LogP contribution in [0.4, 0.5) is 15.0 Å². The molecule has 0 unspecified atom stereocenters. The Bertz CT molecular complexity index is 1570. The highest BCUT2D eigenvalue weighted by molar-refractivity contribution is 5.72. The predicted molar refractivity (Wildman–Crippen MR) is 146 cm³/mol. The zero-order valence-electron chi connectivity index (χ0n) is 23.2. The standard InChI is InChI=1S/C28H32FN9O2/c1-17(23-7-6-20(29)15-31-23)33-25-13-19(12-24-32-16-22(14-30)37(24)25)26-18(2)38(35-34-26)21-8-10-36(11-9-21)27(39)40-28(3,4)5/h6-7,12-13,15-17,21,33H,8-11H2,1-5H3/t17-/m1/s1. The second-order valence-electron chi connectivity index (χ2n) is 11.0. The number of rotatable bonds is 5. The number of piperidine rings is 1. The van der Waals surface area contributed by atoms with E-state index in [0.29, 0.717) is 41.6 Å². The van der Waals surface area contributed by atoms with Gasteiger partial charge in [-0.25, -0.2) is 18.9 Å². The number of likely N-dealkylation sites (tertiary alicyclic amines) is 1. The molecule has 1 saturated heterocycles. The van der Waals surface area contributed by atoms with Crippen molar-refractivity contribution in [1.29, 1.82) is 5.26 Å². The Hall–Kier alpha value is -4.53. The second kappa shape index (κ2) is 10.6. The van der Waals surface area contributed by atoms with Gasteiger partial charge in [-0.3, -0.25) is 9.38 Å². The Kier molecular flexibility index (Phi) is 7.14. The van der Waals surface area contributed by atoms with Gasteiger partial charge in [0.05, 0.1) is 35.9 Å². The zero-order valence-corrected chi connectivity index (χ0v) is 23.2. The smallest absolute Gasteiger partial charge is 0.410 e. The van der Waals surface area contributed by atoms with Crippen LogP contribution in [0.3, 0.4) is 0 Å². The summed E-state index contributed by atoms with van der Waals surface area (Å²) in [6.07, 6.45) is 3.88. The molecule has 12 heteroatoms. The maximum atomic E-state index is 13.4. The number of nitriles is 1. The Labute approximate surface area is 231 Å². The quantitative estimate of drug-likeness (QED) is 0.369. The third-order valence-corrected chi connectivity index (χ3v) is 6.94. The highest BCUT2D eigenvalue weighted by Gasteiger charge is 2.29. The first-order valence-corrected chi connectivity index (χ1v) is 13.2. The zero-order chi connectivity index (χ0) is 28.6. The van der Waals surface area contributed by atoms with E-state index in [9.17, 15) is 14.4 Å². The molecule has 1 aliphatic rings. The van der Waals surface area contributed by atoms with Crippen LogP contribution in [-0.4, -0.2) is 59.0 Å². The van der Waals surface area contributed by atoms with Crippen LogP contribution in [0.15, 0.2) is 36.7 Å². The number of nitrogens with zero attached hydrogens (tertiary/aromatic N) is 8. The van der Waals surface area contributed by atoms with Crippen LogP contribution >= 0.6 is 0 Å². The molecule has 208 valence electrons. The number of hydrogen-bond acceptors (Lipinski definition) is 8. The summed E-state index contributed by atoms with van der Waals surface area (Å²) in [7, 11) is 0. The number of halogens is 1. The number of nitrogens with one attached hydrogen (secondary N) is 1. The third kappa shape index (κ3) is 5.45. The Balaban J connectivity index is 1.41. The van der Waals surface area contributed by atoms with Crippen molar-refractivity contribution in [3.63, 3.8) is 0 Å². The molecule has 1 amide bonds. The average Bonchev–Trinajstić information content (AvgIpc) is 3.51. The summed E-state index contributed by atoms with van der Waals surface area (Å²) in [5, 5.41) is 22.1. The summed E-state index contributed by atoms with van der Waals surface area (Å²) in [6, 6.07) is 8.77. The molecule has 1 aliphatic heterocycles. The maximum Gasteiger partial charge on any atom is 0.410 e. The number of imidazole rings is 1. The first-order chi connectivity index (χ1) is 19.0. The number of ether oxygens (including phenoxy) is 1. The fraction of sp³-hybridized carbons (Fsp3) is 0.429. The van der Waals surface area contributed by atoms with Crippen molar-refractivity contribution in [2.45, 2.75) is 65.1 Å². The average molecular weight is 546 g/mol. The third-order valence-electron chi connectivity index (χ3n) is 6.94. The minimum absolute atomic E-state index is 0.0995. The van der Waals surface area contributed by atoms with Gasteiger partial charge < -0.3 is 15.0 Å². The van der Waals surface area contributed by atoms with Crippen LogP contribution in [0.2, 0.25) is 0 Å². The molecule has 0 spiro atoms. The van der Waals surface area contributed by atoms with Crippen LogP contribution in [-0.2, 0) is 4.74 Å². The van der Waals surface area contributed by atoms with Gasteiger partial charge in [0.2, 0.25) is 0 Å². The lowest BCUT2D eigenvalue weighted by Crippen LogP contribution is -2.42. The number of aromatic nitrogens is 6. The molecule has 5 rings (SSSR count). The van der Waals surface area contributed by atoms with Crippen LogP contribution in [0.5, 0.6) is 0 Å². The summed E-state index contributed by atoms with van der Waals surface area (Å²) >= 11 is 0. The summed E-state index contributed by atoms with van der Waals surface area (Å²) in [5.41, 5.74) is 3.46. The number of anilines is 1. The van der Waals surface area contributed by atoms with Crippen molar-refractivity contribution >= 4 is 17.6 Å². The van der Waals surface area contributed by atoms with Crippen molar-refractivity contribution < 1.29 is 13.9 Å². The van der Waals surface area contributed by atoms with E-state index < -0.39 is 11.4 Å². The largest absolute Gasteiger partial charge is 0.444 e. The summed E-state index contributed by atoms with van der Waals surface area (Å²) in [6.45, 7) is 10.6. The van der Waals surface area contributed by atoms with Gasteiger partial charge in [-0.1, -0.05) is 5.21 Å². The molecule has 0 aliphatic carbocycles. The SMILES string of the molecule is Cc1c(-c2cc(N[C@H](C)c3ccc(F)cn3)n3c(C#N)cnc3c2)nnn1C1CCN(C(=O)OC(C)(C)C)CC1. The summed E-state index contributed by atoms with van der Waals surface area (Å²) in [4.78, 5) is 22.8. The molecule has 1 N–H and O–H groups in total. The van der Waals surface area contributed by atoms with Crippen molar-refractivity contribution in [2.24, 2.45) is 0 Å². The molecule has 0 saturated carbocycles. The van der Waals surface area contributed by atoms with Crippen LogP contribution < -0.4 is 5.32 Å². The molecule has 1 fully saturated rings. The van der Waals surface area contributed by atoms with Crippen molar-refractivity contribution in [3.05, 3.63) is 59.6 Å². The van der Waals surface area contributed by atoms with E-state index in [1.807, 2.05) is 51.4 Å². The van der Waals surface area contributed by atoms with E-state index in [0.717, 1.165) is 24.1 Å². The van der Waals surface area contributed by atoms with Crippen molar-refractivity contribution in [2.75, 3.05) is 18.4 Å². The van der Waals surface area contributed by atoms with E-state index in [4.69, 9.17) is 4.74 Å². The lowest BCUT2D eigenvalue weighted by molar-refractivity contribution is 0.0184. The van der Waals surface area contributed by atoms with Crippen LogP contribution in [0.25, 0.3) is 16.9 Å². The van der Waals surface area contributed by atoms with Crippen LogP contribution in [0, 0.1) is 24.1 Å². The minimum Gasteiger partial charge on any atom is -0.444 e. The Morgan fingerprint density at radius 1 is 1.20 bits per heavy atom. The highest BCUT2D eigenvalue weighted by atomic mass is 19.1. The monoisotopic (exact) mass is 545 g/mol. The second-order valence-corrected chi connectivity index (χ2v) is 11.0. The van der Waals surface area contributed by atoms with E-state index in [2.05, 4.69) is 31.7 Å². The molecular formula is C28H32FN9O2. The Morgan fingerprint density at radius 3 is 2.60 bits per heavy atom. The molecular weight excluding hydrogens is 513 g/mol. The number of pyridine rings is 2. The van der Waals surface area contributed by atoms with Crippen molar-refractivity contribution in [3.8, 4) is 17.3 Å². The van der Waals surface area contributed by atoms with Gasteiger partial charge >= 0.3 is 6.09 Å². The van der Waals surface area contributed by atoms with Gasteiger partial charge in [0.15, 0.2) is 0 Å². The fourth-order valence-corrected chi connectivity index (χ4v) is 4.95. The van der Waals surface area contributed by atoms with Gasteiger partial charge in [0.25, 0.3) is 0 Å². The number of fused-ring (bicyclic) bond motifs is 1. The summed E-state index contributed by atoms with van der Waals surface area (Å²) < 4.78 is 22.6. The normalized spacial score (nSPS) is 15.2. The van der Waals surface area contributed by atoms with E-state index in [1.54, 1.807) is 15.4 Å². The molecule has 4 aromatic rings.